The van der Waals surface area contributed by atoms with Crippen LogP contribution in [0.1, 0.15) is 92.9 Å². The number of carboxylic acids is 2. The number of carboxylic acid groups (broad SMARTS) is 2. The third-order valence-electron chi connectivity index (χ3n) is 5.73. The Hall–Kier alpha value is -3.00. The molecule has 1 aromatic heterocycles. The fourth-order valence-electron chi connectivity index (χ4n) is 3.71. The van der Waals surface area contributed by atoms with Crippen LogP contribution in [0.5, 0.6) is 5.75 Å². The van der Waals surface area contributed by atoms with Crippen molar-refractivity contribution < 1.29 is 28.7 Å². The summed E-state index contributed by atoms with van der Waals surface area (Å²) in [6.45, 7) is 2.75. The van der Waals surface area contributed by atoms with Gasteiger partial charge in [-0.05, 0) is 48.9 Å². The topological polar surface area (TPSA) is 114 Å². The van der Waals surface area contributed by atoms with Crippen molar-refractivity contribution in [2.45, 2.75) is 81.8 Å². The second-order valence-corrected chi connectivity index (χ2v) is 10.2. The van der Waals surface area contributed by atoms with Gasteiger partial charge in [-0.15, -0.1) is 0 Å². The Balaban J connectivity index is 1.87. The first-order chi connectivity index (χ1) is 17.4. The molecule has 1 aromatic carbocycles. The average molecular weight is 516 g/mol. The van der Waals surface area contributed by atoms with Crippen LogP contribution in [0.4, 0.5) is 0 Å². The Morgan fingerprint density at radius 2 is 1.50 bits per heavy atom. The number of aromatic nitrogens is 1. The quantitative estimate of drug-likeness (QED) is 0.172. The van der Waals surface area contributed by atoms with E-state index in [1.165, 1.54) is 81.7 Å². The molecule has 0 aliphatic heterocycles. The Morgan fingerprint density at radius 1 is 0.889 bits per heavy atom. The summed E-state index contributed by atoms with van der Waals surface area (Å²) >= 11 is 0. The van der Waals surface area contributed by atoms with Crippen molar-refractivity contribution in [1.29, 1.82) is 0 Å². The number of rotatable bonds is 18. The normalized spacial score (nSPS) is 12.0. The van der Waals surface area contributed by atoms with E-state index in [1.54, 1.807) is 12.1 Å². The van der Waals surface area contributed by atoms with E-state index in [0.717, 1.165) is 18.9 Å². The average Bonchev–Trinajstić information content (AvgIpc) is 2.86. The molecule has 2 N–H and O–H groups in total. The van der Waals surface area contributed by atoms with Crippen LogP contribution in [0.25, 0.3) is 6.08 Å². The summed E-state index contributed by atoms with van der Waals surface area (Å²) in [5.41, 5.74) is 1.02. The molecular weight excluding hydrogens is 478 g/mol. The molecule has 0 amide bonds. The summed E-state index contributed by atoms with van der Waals surface area (Å²) in [6, 6.07) is 9.31. The van der Waals surface area contributed by atoms with Gasteiger partial charge in [0.25, 0.3) is 0 Å². The third kappa shape index (κ3) is 11.2. The molecule has 1 unspecified atom stereocenters. The number of aliphatic carboxylic acids is 1. The number of aromatic carboxylic acids is 1. The highest BCUT2D eigenvalue weighted by Crippen LogP contribution is 2.21. The smallest absolute Gasteiger partial charge is 0.335 e. The van der Waals surface area contributed by atoms with Crippen molar-refractivity contribution >= 4 is 28.8 Å². The first-order valence-electron chi connectivity index (χ1n) is 12.7. The Labute approximate surface area is 216 Å². The monoisotopic (exact) mass is 515 g/mol. The minimum atomic E-state index is -1.43. The van der Waals surface area contributed by atoms with E-state index < -0.39 is 22.7 Å². The van der Waals surface area contributed by atoms with Crippen molar-refractivity contribution in [3.63, 3.8) is 0 Å². The van der Waals surface area contributed by atoms with Gasteiger partial charge in [0.05, 0.1) is 34.4 Å². The van der Waals surface area contributed by atoms with Gasteiger partial charge in [0.1, 0.15) is 11.4 Å². The van der Waals surface area contributed by atoms with Gasteiger partial charge in [-0.1, -0.05) is 64.7 Å². The molecule has 0 radical (unpaired) electrons. The van der Waals surface area contributed by atoms with Gasteiger partial charge in [0.2, 0.25) is 0 Å². The molecule has 8 heteroatoms. The Kier molecular flexibility index (Phi) is 13.5. The van der Waals surface area contributed by atoms with Gasteiger partial charge in [-0.25, -0.2) is 14.6 Å². The maximum atomic E-state index is 12.7. The Morgan fingerprint density at radius 3 is 2.08 bits per heavy atom. The molecule has 0 saturated heterocycles. The molecular formula is C28H37NO6S. The summed E-state index contributed by atoms with van der Waals surface area (Å²) in [5, 5.41) is 18.0. The number of unbranched alkanes of at least 4 members (excludes halogenated alkanes) is 9. The number of carbonyl (C=O) groups is 2. The van der Waals surface area contributed by atoms with Crippen LogP contribution >= 0.6 is 0 Å². The largest absolute Gasteiger partial charge is 0.491 e. The summed E-state index contributed by atoms with van der Waals surface area (Å²) in [4.78, 5) is 27.0. The van der Waals surface area contributed by atoms with Gasteiger partial charge in [0.15, 0.2) is 0 Å². The van der Waals surface area contributed by atoms with E-state index in [0.29, 0.717) is 28.6 Å². The zero-order valence-electron chi connectivity index (χ0n) is 21.0. The van der Waals surface area contributed by atoms with Gasteiger partial charge in [0, 0.05) is 11.0 Å². The molecule has 0 saturated carbocycles. The molecule has 2 aromatic rings. The van der Waals surface area contributed by atoms with Crippen LogP contribution in [-0.4, -0.2) is 38.0 Å². The first kappa shape index (κ1) is 29.2. The summed E-state index contributed by atoms with van der Waals surface area (Å²) in [7, 11) is -1.43. The minimum Gasteiger partial charge on any atom is -0.491 e. The molecule has 0 aliphatic carbocycles. The zero-order chi connectivity index (χ0) is 26.2. The standard InChI is InChI=1S/C28H37NO6S/c1-2-3-4-5-6-7-8-9-10-11-20-35-26-18-14-23(29-25(26)17-19-27(30)31)21-36(34)24-15-12-22(13-16-24)28(32)33/h12-19H,2-11,20-21H2,1H3,(H,30,31)(H,32,33)/b19-17+. The summed E-state index contributed by atoms with van der Waals surface area (Å²) in [6.07, 6.45) is 14.7. The number of benzene rings is 1. The lowest BCUT2D eigenvalue weighted by Crippen LogP contribution is -2.04. The van der Waals surface area contributed by atoms with Gasteiger partial charge in [-0.3, -0.25) is 4.21 Å². The van der Waals surface area contributed by atoms with Crippen molar-refractivity contribution in [2.75, 3.05) is 6.61 Å². The summed E-state index contributed by atoms with van der Waals surface area (Å²) in [5.74, 6) is -1.54. The van der Waals surface area contributed by atoms with E-state index >= 15 is 0 Å². The second-order valence-electron chi connectivity index (χ2n) is 8.71. The third-order valence-corrected chi connectivity index (χ3v) is 7.08. The molecule has 36 heavy (non-hydrogen) atoms. The van der Waals surface area contributed by atoms with E-state index in [1.807, 2.05) is 0 Å². The molecule has 0 fully saturated rings. The molecule has 0 aliphatic rings. The number of ether oxygens (including phenoxy) is 1. The molecule has 7 nitrogen and oxygen atoms in total. The lowest BCUT2D eigenvalue weighted by molar-refractivity contribution is -0.131. The van der Waals surface area contributed by atoms with Crippen molar-refractivity contribution in [1.82, 2.24) is 4.98 Å². The van der Waals surface area contributed by atoms with Crippen LogP contribution < -0.4 is 4.74 Å². The van der Waals surface area contributed by atoms with Gasteiger partial charge >= 0.3 is 11.9 Å². The predicted molar refractivity (Wildman–Crippen MR) is 142 cm³/mol. The van der Waals surface area contributed by atoms with Crippen LogP contribution in [0.15, 0.2) is 47.4 Å². The molecule has 0 bridgehead atoms. The van der Waals surface area contributed by atoms with Crippen molar-refractivity contribution in [2.24, 2.45) is 0 Å². The van der Waals surface area contributed by atoms with Gasteiger partial charge < -0.3 is 14.9 Å². The summed E-state index contributed by atoms with van der Waals surface area (Å²) < 4.78 is 18.6. The molecule has 1 atom stereocenters. The predicted octanol–water partition coefficient (Wildman–Crippen LogP) is 6.49. The number of nitrogens with zero attached hydrogens (tertiary/aromatic N) is 1. The van der Waals surface area contributed by atoms with Crippen LogP contribution in [0.2, 0.25) is 0 Å². The van der Waals surface area contributed by atoms with Crippen LogP contribution in [0, 0.1) is 0 Å². The van der Waals surface area contributed by atoms with E-state index in [9.17, 15) is 13.8 Å². The fraction of sp³-hybridized carbons (Fsp3) is 0.464. The van der Waals surface area contributed by atoms with Crippen molar-refractivity contribution in [3.05, 3.63) is 59.4 Å². The second kappa shape index (κ2) is 16.6. The molecule has 196 valence electrons. The molecule has 2 rings (SSSR count). The van der Waals surface area contributed by atoms with E-state index in [-0.39, 0.29) is 11.3 Å². The maximum Gasteiger partial charge on any atom is 0.335 e. The molecule has 0 spiro atoms. The Bertz CT molecular complexity index is 1020. The van der Waals surface area contributed by atoms with E-state index in [4.69, 9.17) is 14.9 Å². The van der Waals surface area contributed by atoms with Crippen LogP contribution in [-0.2, 0) is 21.3 Å². The van der Waals surface area contributed by atoms with Crippen molar-refractivity contribution in [3.8, 4) is 5.75 Å². The minimum absolute atomic E-state index is 0.110. The highest BCUT2D eigenvalue weighted by atomic mass is 32.2. The number of hydrogen-bond acceptors (Lipinski definition) is 5. The lowest BCUT2D eigenvalue weighted by Gasteiger charge is -2.11. The highest BCUT2D eigenvalue weighted by molar-refractivity contribution is 7.84. The van der Waals surface area contributed by atoms with E-state index in [2.05, 4.69) is 11.9 Å². The SMILES string of the molecule is CCCCCCCCCCCCOc1ccc(CS(=O)c2ccc(C(=O)O)cc2)nc1/C=C/C(=O)O. The number of pyridine rings is 1. The zero-order valence-corrected chi connectivity index (χ0v) is 21.8. The molecule has 1 heterocycles. The van der Waals surface area contributed by atoms with Crippen LogP contribution in [0.3, 0.4) is 0 Å². The highest BCUT2D eigenvalue weighted by Gasteiger charge is 2.11. The first-order valence-corrected chi connectivity index (χ1v) is 14.0. The van der Waals surface area contributed by atoms with Gasteiger partial charge in [-0.2, -0.15) is 0 Å². The number of hydrogen-bond donors (Lipinski definition) is 2. The maximum absolute atomic E-state index is 12.7. The lowest BCUT2D eigenvalue weighted by atomic mass is 10.1. The fourth-order valence-corrected chi connectivity index (χ4v) is 4.75.